The molecule has 1 rings (SSSR count). The van der Waals surface area contributed by atoms with Gasteiger partial charge in [0.05, 0.1) is 11.4 Å². The summed E-state index contributed by atoms with van der Waals surface area (Å²) in [5, 5.41) is 18.7. The lowest BCUT2D eigenvalue weighted by atomic mass is 10.2. The van der Waals surface area contributed by atoms with Crippen molar-refractivity contribution in [1.82, 2.24) is 0 Å². The largest absolute Gasteiger partial charge is 0.464 e. The maximum Gasteiger partial charge on any atom is 0.421 e. The van der Waals surface area contributed by atoms with Gasteiger partial charge in [0.2, 0.25) is 0 Å². The lowest BCUT2D eigenvalue weighted by Crippen LogP contribution is -2.34. The lowest BCUT2D eigenvalue weighted by Gasteiger charge is -2.18. The average Bonchev–Trinajstić information content (AvgIpc) is 2.38. The molecule has 0 saturated heterocycles. The fraction of sp³-hybridized carbons (Fsp3) is 0.0833. The first-order valence-corrected chi connectivity index (χ1v) is 5.31. The fourth-order valence-electron chi connectivity index (χ4n) is 1.34. The topological polar surface area (TPSA) is 107 Å². The van der Waals surface area contributed by atoms with Crippen LogP contribution in [-0.2, 0) is 9.63 Å². The van der Waals surface area contributed by atoms with Crippen LogP contribution in [0.4, 0.5) is 21.0 Å². The summed E-state index contributed by atoms with van der Waals surface area (Å²) in [6.07, 6.45) is -2.24. The second-order valence-electron chi connectivity index (χ2n) is 3.53. The quantitative estimate of drug-likeness (QED) is 0.640. The number of carbonyl (C=O) groups is 3. The number of hydrogen-bond donors (Lipinski definition) is 2. The van der Waals surface area contributed by atoms with Gasteiger partial charge in [0, 0.05) is 13.1 Å². The van der Waals surface area contributed by atoms with Gasteiger partial charge in [-0.1, -0.05) is 6.58 Å². The molecule has 0 aliphatic carbocycles. The highest BCUT2D eigenvalue weighted by Crippen LogP contribution is 2.20. The summed E-state index contributed by atoms with van der Waals surface area (Å²) in [6, 6.07) is 5.36. The van der Waals surface area contributed by atoms with Gasteiger partial charge >= 0.3 is 18.2 Å². The number of hydrogen-bond acceptors (Lipinski definition) is 5. The molecule has 0 aliphatic heterocycles. The molecule has 0 saturated carbocycles. The highest BCUT2D eigenvalue weighted by Gasteiger charge is 2.22. The number of amides is 2. The Morgan fingerprint density at radius 2 is 1.55 bits per heavy atom. The van der Waals surface area contributed by atoms with Gasteiger partial charge in [0.1, 0.15) is 0 Å². The molecular weight excluding hydrogens is 268 g/mol. The minimum Gasteiger partial charge on any atom is -0.464 e. The summed E-state index contributed by atoms with van der Waals surface area (Å²) >= 11 is 0. The van der Waals surface area contributed by atoms with Crippen LogP contribution in [0, 0.1) is 0 Å². The standard InChI is InChI=1S/C12H12N2O6/c1-3-10(15)20-13(2)8-4-6-9(7-5-8)14(11(16)17)12(18)19/h3-7H,1H2,2H3,(H,16,17)(H,18,19). The Hall–Kier alpha value is -3.03. The zero-order valence-electron chi connectivity index (χ0n) is 10.5. The lowest BCUT2D eigenvalue weighted by molar-refractivity contribution is -0.138. The van der Waals surface area contributed by atoms with E-state index >= 15 is 0 Å². The minimum absolute atomic E-state index is 0.0443. The molecule has 0 bridgehead atoms. The number of imide groups is 1. The number of carboxylic acid groups (broad SMARTS) is 2. The van der Waals surface area contributed by atoms with E-state index in [1.54, 1.807) is 0 Å². The normalized spacial score (nSPS) is 9.45. The summed E-state index contributed by atoms with van der Waals surface area (Å²) in [5.41, 5.74) is 0.386. The molecule has 0 atom stereocenters. The molecule has 8 nitrogen and oxygen atoms in total. The van der Waals surface area contributed by atoms with Crippen molar-refractivity contribution in [2.45, 2.75) is 0 Å². The molecular formula is C12H12N2O6. The van der Waals surface area contributed by atoms with Crippen molar-refractivity contribution < 1.29 is 29.4 Å². The van der Waals surface area contributed by atoms with E-state index in [-0.39, 0.29) is 10.6 Å². The second-order valence-corrected chi connectivity index (χ2v) is 3.53. The van der Waals surface area contributed by atoms with E-state index in [4.69, 9.17) is 15.1 Å². The average molecular weight is 280 g/mol. The first-order valence-electron chi connectivity index (χ1n) is 5.31. The van der Waals surface area contributed by atoms with Crippen molar-refractivity contribution in [2.24, 2.45) is 0 Å². The molecule has 20 heavy (non-hydrogen) atoms. The molecule has 8 heteroatoms. The first kappa shape index (κ1) is 15.0. The second kappa shape index (κ2) is 6.23. The number of hydroxylamine groups is 1. The Morgan fingerprint density at radius 1 is 1.10 bits per heavy atom. The third-order valence-electron chi connectivity index (χ3n) is 2.25. The number of anilines is 2. The highest BCUT2D eigenvalue weighted by atomic mass is 16.7. The van der Waals surface area contributed by atoms with E-state index in [0.717, 1.165) is 11.1 Å². The van der Waals surface area contributed by atoms with Gasteiger partial charge in [-0.3, -0.25) is 0 Å². The van der Waals surface area contributed by atoms with Gasteiger partial charge in [-0.15, -0.1) is 0 Å². The van der Waals surface area contributed by atoms with E-state index < -0.39 is 18.2 Å². The van der Waals surface area contributed by atoms with Crippen LogP contribution in [0.2, 0.25) is 0 Å². The summed E-state index contributed by atoms with van der Waals surface area (Å²) in [7, 11) is 1.46. The third kappa shape index (κ3) is 3.48. The smallest absolute Gasteiger partial charge is 0.421 e. The van der Waals surface area contributed by atoms with E-state index in [1.807, 2.05) is 0 Å². The van der Waals surface area contributed by atoms with Crippen molar-refractivity contribution in [3.05, 3.63) is 36.9 Å². The number of rotatable bonds is 4. The first-order chi connectivity index (χ1) is 9.36. The van der Waals surface area contributed by atoms with Crippen LogP contribution in [0.3, 0.4) is 0 Å². The van der Waals surface area contributed by atoms with Crippen LogP contribution in [0.5, 0.6) is 0 Å². The predicted octanol–water partition coefficient (Wildman–Crippen LogP) is 1.93. The summed E-state index contributed by atoms with van der Waals surface area (Å²) in [6.45, 7) is 3.25. The summed E-state index contributed by atoms with van der Waals surface area (Å²) in [4.78, 5) is 37.6. The SMILES string of the molecule is C=CC(=O)ON(C)c1ccc(N(C(=O)O)C(=O)O)cc1. The van der Waals surface area contributed by atoms with Crippen molar-refractivity contribution >= 4 is 29.5 Å². The molecule has 2 N–H and O–H groups in total. The van der Waals surface area contributed by atoms with Crippen LogP contribution in [0.25, 0.3) is 0 Å². The number of benzene rings is 1. The van der Waals surface area contributed by atoms with E-state index in [2.05, 4.69) is 6.58 Å². The Bertz CT molecular complexity index is 525. The molecule has 1 aromatic rings. The van der Waals surface area contributed by atoms with Crippen LogP contribution in [-0.4, -0.2) is 35.4 Å². The van der Waals surface area contributed by atoms with Gasteiger partial charge in [0.25, 0.3) is 0 Å². The van der Waals surface area contributed by atoms with Gasteiger partial charge in [-0.25, -0.2) is 19.4 Å². The monoisotopic (exact) mass is 280 g/mol. The van der Waals surface area contributed by atoms with Gasteiger partial charge in [-0.05, 0) is 24.3 Å². The highest BCUT2D eigenvalue weighted by molar-refractivity contribution is 6.07. The van der Waals surface area contributed by atoms with Crippen LogP contribution < -0.4 is 9.96 Å². The van der Waals surface area contributed by atoms with Crippen LogP contribution in [0.1, 0.15) is 0 Å². The molecule has 2 amide bonds. The van der Waals surface area contributed by atoms with Crippen LogP contribution >= 0.6 is 0 Å². The molecule has 0 spiro atoms. The summed E-state index contributed by atoms with van der Waals surface area (Å²) in [5.74, 6) is -0.658. The molecule has 106 valence electrons. The van der Waals surface area contributed by atoms with Gasteiger partial charge < -0.3 is 15.1 Å². The molecule has 0 fully saturated rings. The van der Waals surface area contributed by atoms with Crippen molar-refractivity contribution in [1.29, 1.82) is 0 Å². The Labute approximate surface area is 114 Å². The van der Waals surface area contributed by atoms with Gasteiger partial charge in [0.15, 0.2) is 0 Å². The maximum absolute atomic E-state index is 11.0. The number of nitrogens with zero attached hydrogens (tertiary/aromatic N) is 2. The Balaban J connectivity index is 2.93. The van der Waals surface area contributed by atoms with Crippen LogP contribution in [0.15, 0.2) is 36.9 Å². The van der Waals surface area contributed by atoms with E-state index in [9.17, 15) is 14.4 Å². The molecule has 1 aromatic carbocycles. The molecule has 0 radical (unpaired) electrons. The van der Waals surface area contributed by atoms with Crippen molar-refractivity contribution in [3.8, 4) is 0 Å². The molecule has 0 heterocycles. The third-order valence-corrected chi connectivity index (χ3v) is 2.25. The summed E-state index contributed by atoms with van der Waals surface area (Å²) < 4.78 is 0. The molecule has 0 aliphatic rings. The Kier molecular flexibility index (Phi) is 4.68. The van der Waals surface area contributed by atoms with Crippen molar-refractivity contribution in [2.75, 3.05) is 17.0 Å². The predicted molar refractivity (Wildman–Crippen MR) is 69.7 cm³/mol. The minimum atomic E-state index is -1.61. The molecule has 0 unspecified atom stereocenters. The van der Waals surface area contributed by atoms with E-state index in [1.165, 1.54) is 31.3 Å². The van der Waals surface area contributed by atoms with E-state index in [0.29, 0.717) is 5.69 Å². The maximum atomic E-state index is 11.0. The number of carbonyl (C=O) groups excluding carboxylic acids is 1. The fourth-order valence-corrected chi connectivity index (χ4v) is 1.34. The van der Waals surface area contributed by atoms with Crippen molar-refractivity contribution in [3.63, 3.8) is 0 Å². The zero-order chi connectivity index (χ0) is 15.3. The zero-order valence-corrected chi connectivity index (χ0v) is 10.5. The molecule has 0 aromatic heterocycles. The van der Waals surface area contributed by atoms with Gasteiger partial charge in [-0.2, -0.15) is 4.90 Å². The Morgan fingerprint density at radius 3 is 1.95 bits per heavy atom.